The molecular formula is C14H30N2O2. The second-order valence-electron chi connectivity index (χ2n) is 5.53. The first-order valence-electron chi connectivity index (χ1n) is 7.34. The minimum atomic E-state index is 0.351. The lowest BCUT2D eigenvalue weighted by Crippen LogP contribution is -2.33. The molecule has 0 aliphatic carbocycles. The van der Waals surface area contributed by atoms with Gasteiger partial charge in [0.15, 0.2) is 0 Å². The van der Waals surface area contributed by atoms with E-state index in [1.165, 1.54) is 25.9 Å². The van der Waals surface area contributed by atoms with E-state index in [0.717, 1.165) is 13.0 Å². The van der Waals surface area contributed by atoms with E-state index in [1.807, 2.05) is 0 Å². The van der Waals surface area contributed by atoms with Gasteiger partial charge in [-0.3, -0.25) is 0 Å². The highest BCUT2D eigenvalue weighted by Crippen LogP contribution is 2.14. The summed E-state index contributed by atoms with van der Waals surface area (Å²) in [5.74, 6) is 0.683. The molecule has 1 rings (SSSR count). The van der Waals surface area contributed by atoms with Crippen molar-refractivity contribution in [3.05, 3.63) is 0 Å². The molecule has 0 amide bonds. The van der Waals surface area contributed by atoms with Crippen molar-refractivity contribution < 1.29 is 9.47 Å². The highest BCUT2D eigenvalue weighted by Gasteiger charge is 2.18. The number of rotatable bonds is 10. The van der Waals surface area contributed by atoms with Crippen LogP contribution in [0, 0.1) is 5.92 Å². The first kappa shape index (κ1) is 15.9. The summed E-state index contributed by atoms with van der Waals surface area (Å²) in [4.78, 5) is 2.52. The van der Waals surface area contributed by atoms with E-state index < -0.39 is 0 Å². The van der Waals surface area contributed by atoms with Crippen LogP contribution in [0.1, 0.15) is 33.1 Å². The average Bonchev–Trinajstić information content (AvgIpc) is 2.80. The summed E-state index contributed by atoms with van der Waals surface area (Å²) in [6, 6.07) is 0. The Bertz CT molecular complexity index is 194. The van der Waals surface area contributed by atoms with Gasteiger partial charge in [0, 0.05) is 13.1 Å². The number of nitrogens with zero attached hydrogens (tertiary/aromatic N) is 1. The van der Waals surface area contributed by atoms with E-state index in [2.05, 4.69) is 18.7 Å². The topological polar surface area (TPSA) is 47.7 Å². The fourth-order valence-electron chi connectivity index (χ4n) is 2.43. The van der Waals surface area contributed by atoms with Crippen LogP contribution in [0.4, 0.5) is 0 Å². The van der Waals surface area contributed by atoms with Crippen LogP contribution >= 0.6 is 0 Å². The molecule has 0 aromatic rings. The van der Waals surface area contributed by atoms with Gasteiger partial charge in [0.2, 0.25) is 0 Å². The molecule has 1 heterocycles. The third kappa shape index (κ3) is 7.31. The zero-order valence-corrected chi connectivity index (χ0v) is 12.1. The summed E-state index contributed by atoms with van der Waals surface area (Å²) in [6.07, 6.45) is 4.17. The third-order valence-electron chi connectivity index (χ3n) is 3.24. The second kappa shape index (κ2) is 9.73. The number of hydrogen-bond acceptors (Lipinski definition) is 4. The Kier molecular flexibility index (Phi) is 8.59. The normalized spacial score (nSPS) is 18.7. The number of likely N-dealkylation sites (tertiary alicyclic amines) is 1. The minimum absolute atomic E-state index is 0.351. The predicted octanol–water partition coefficient (Wildman–Crippen LogP) is 1.49. The fourth-order valence-corrected chi connectivity index (χ4v) is 2.43. The van der Waals surface area contributed by atoms with Gasteiger partial charge in [0.1, 0.15) is 0 Å². The molecule has 4 heteroatoms. The van der Waals surface area contributed by atoms with Gasteiger partial charge in [-0.1, -0.05) is 13.8 Å². The van der Waals surface area contributed by atoms with Crippen LogP contribution < -0.4 is 5.73 Å². The van der Waals surface area contributed by atoms with Crippen LogP contribution in [-0.2, 0) is 9.47 Å². The molecule has 2 N–H and O–H groups in total. The predicted molar refractivity (Wildman–Crippen MR) is 74.7 cm³/mol. The highest BCUT2D eigenvalue weighted by atomic mass is 16.5. The summed E-state index contributed by atoms with van der Waals surface area (Å²) < 4.78 is 11.3. The lowest BCUT2D eigenvalue weighted by molar-refractivity contribution is -0.0146. The van der Waals surface area contributed by atoms with Crippen molar-refractivity contribution in [3.63, 3.8) is 0 Å². The van der Waals surface area contributed by atoms with Crippen molar-refractivity contribution in [1.29, 1.82) is 0 Å². The number of ether oxygens (including phenoxy) is 2. The molecule has 0 bridgehead atoms. The van der Waals surface area contributed by atoms with Crippen LogP contribution in [0.25, 0.3) is 0 Å². The maximum Gasteiger partial charge on any atom is 0.0705 e. The summed E-state index contributed by atoms with van der Waals surface area (Å²) in [5, 5.41) is 0. The fraction of sp³-hybridized carbons (Fsp3) is 1.00. The SMILES string of the molecule is CC(C)CC(CN1CCCC1)OCCOCCN. The van der Waals surface area contributed by atoms with E-state index >= 15 is 0 Å². The van der Waals surface area contributed by atoms with Crippen LogP contribution in [0.3, 0.4) is 0 Å². The Morgan fingerprint density at radius 1 is 1.11 bits per heavy atom. The quantitative estimate of drug-likeness (QED) is 0.603. The molecule has 108 valence electrons. The van der Waals surface area contributed by atoms with Crippen LogP contribution in [0.15, 0.2) is 0 Å². The Morgan fingerprint density at radius 3 is 2.44 bits per heavy atom. The van der Waals surface area contributed by atoms with Crippen LogP contribution in [0.2, 0.25) is 0 Å². The zero-order valence-electron chi connectivity index (χ0n) is 12.1. The summed E-state index contributed by atoms with van der Waals surface area (Å²) >= 11 is 0. The Balaban J connectivity index is 2.17. The maximum absolute atomic E-state index is 5.95. The van der Waals surface area contributed by atoms with Crippen LogP contribution in [0.5, 0.6) is 0 Å². The summed E-state index contributed by atoms with van der Waals surface area (Å²) in [6.45, 7) is 10.6. The van der Waals surface area contributed by atoms with E-state index in [4.69, 9.17) is 15.2 Å². The van der Waals surface area contributed by atoms with Crippen molar-refractivity contribution in [1.82, 2.24) is 4.90 Å². The van der Waals surface area contributed by atoms with Crippen molar-refractivity contribution in [2.75, 3.05) is 46.0 Å². The Hall–Kier alpha value is -0.160. The molecule has 0 spiro atoms. The van der Waals surface area contributed by atoms with Gasteiger partial charge in [-0.15, -0.1) is 0 Å². The molecule has 1 saturated heterocycles. The summed E-state index contributed by atoms with van der Waals surface area (Å²) in [5.41, 5.74) is 5.37. The molecule has 1 fully saturated rings. The monoisotopic (exact) mass is 258 g/mol. The molecule has 18 heavy (non-hydrogen) atoms. The molecule has 1 aliphatic heterocycles. The van der Waals surface area contributed by atoms with Gasteiger partial charge in [-0.25, -0.2) is 0 Å². The van der Waals surface area contributed by atoms with Gasteiger partial charge in [-0.05, 0) is 38.3 Å². The van der Waals surface area contributed by atoms with Crippen LogP contribution in [-0.4, -0.2) is 57.0 Å². The minimum Gasteiger partial charge on any atom is -0.378 e. The highest BCUT2D eigenvalue weighted by molar-refractivity contribution is 4.72. The van der Waals surface area contributed by atoms with E-state index in [-0.39, 0.29) is 0 Å². The first-order valence-corrected chi connectivity index (χ1v) is 7.34. The number of hydrogen-bond donors (Lipinski definition) is 1. The lowest BCUT2D eigenvalue weighted by atomic mass is 10.1. The first-order chi connectivity index (χ1) is 8.72. The van der Waals surface area contributed by atoms with E-state index in [9.17, 15) is 0 Å². The average molecular weight is 258 g/mol. The smallest absolute Gasteiger partial charge is 0.0705 e. The van der Waals surface area contributed by atoms with Crippen molar-refractivity contribution in [3.8, 4) is 0 Å². The van der Waals surface area contributed by atoms with Gasteiger partial charge in [-0.2, -0.15) is 0 Å². The van der Waals surface area contributed by atoms with E-state index in [0.29, 0.717) is 38.4 Å². The standard InChI is InChI=1S/C14H30N2O2/c1-13(2)11-14(12-16-6-3-4-7-16)18-10-9-17-8-5-15/h13-14H,3-12,15H2,1-2H3. The van der Waals surface area contributed by atoms with Crippen molar-refractivity contribution in [2.45, 2.75) is 39.2 Å². The molecule has 1 atom stereocenters. The van der Waals surface area contributed by atoms with Crippen molar-refractivity contribution in [2.24, 2.45) is 11.7 Å². The molecule has 1 aliphatic rings. The Morgan fingerprint density at radius 2 is 1.83 bits per heavy atom. The van der Waals surface area contributed by atoms with Gasteiger partial charge >= 0.3 is 0 Å². The lowest BCUT2D eigenvalue weighted by Gasteiger charge is -2.25. The molecule has 4 nitrogen and oxygen atoms in total. The van der Waals surface area contributed by atoms with Crippen molar-refractivity contribution >= 4 is 0 Å². The molecule has 0 radical (unpaired) electrons. The molecular weight excluding hydrogens is 228 g/mol. The largest absolute Gasteiger partial charge is 0.378 e. The maximum atomic E-state index is 5.95. The molecule has 0 saturated carbocycles. The zero-order chi connectivity index (χ0) is 13.2. The number of nitrogens with two attached hydrogens (primary N) is 1. The second-order valence-corrected chi connectivity index (χ2v) is 5.53. The van der Waals surface area contributed by atoms with E-state index in [1.54, 1.807) is 0 Å². The molecule has 0 aromatic carbocycles. The molecule has 1 unspecified atom stereocenters. The van der Waals surface area contributed by atoms with Gasteiger partial charge in [0.25, 0.3) is 0 Å². The Labute approximate surface area is 112 Å². The van der Waals surface area contributed by atoms with Gasteiger partial charge < -0.3 is 20.1 Å². The van der Waals surface area contributed by atoms with Gasteiger partial charge in [0.05, 0.1) is 25.9 Å². The summed E-state index contributed by atoms with van der Waals surface area (Å²) in [7, 11) is 0. The third-order valence-corrected chi connectivity index (χ3v) is 3.24. The molecule has 0 aromatic heterocycles.